The average Bonchev–Trinajstić information content (AvgIpc) is 2.45. The Morgan fingerprint density at radius 3 is 2.92 bits per heavy atom. The zero-order chi connectivity index (χ0) is 7.22. The Labute approximate surface area is 86.6 Å². The summed E-state index contributed by atoms with van der Waals surface area (Å²) in [5.74, 6) is 4.03. The molecule has 0 heterocycles. The summed E-state index contributed by atoms with van der Waals surface area (Å²) in [6.45, 7) is 2.35. The Morgan fingerprint density at radius 2 is 2.33 bits per heavy atom. The van der Waals surface area contributed by atoms with Gasteiger partial charge in [-0.05, 0) is 11.8 Å². The van der Waals surface area contributed by atoms with Gasteiger partial charge in [-0.2, -0.15) is 12.8 Å². The largest absolute Gasteiger partial charge is 0.303 e. The summed E-state index contributed by atoms with van der Waals surface area (Å²) < 4.78 is 0. The van der Waals surface area contributed by atoms with Crippen LogP contribution in [-0.2, 0) is 19.5 Å². The molecule has 0 aromatic rings. The van der Waals surface area contributed by atoms with Crippen molar-refractivity contribution in [3.63, 3.8) is 0 Å². The van der Waals surface area contributed by atoms with E-state index in [1.54, 1.807) is 0 Å². The van der Waals surface area contributed by atoms with Crippen molar-refractivity contribution in [3.05, 3.63) is 17.1 Å². The number of allylic oxidation sites excluding steroid dienone is 2. The number of fused-ring (bicyclic) bond motifs is 3. The van der Waals surface area contributed by atoms with E-state index >= 15 is 0 Å². The second kappa shape index (κ2) is 1.90. The van der Waals surface area contributed by atoms with E-state index < -0.39 is 0 Å². The van der Waals surface area contributed by atoms with Gasteiger partial charge in [0, 0.05) is 19.5 Å². The summed E-state index contributed by atoms with van der Waals surface area (Å²) in [5, 5.41) is 0. The van der Waals surface area contributed by atoms with E-state index in [1.807, 2.05) is 17.1 Å². The van der Waals surface area contributed by atoms with Gasteiger partial charge in [0.2, 0.25) is 0 Å². The molecule has 2 fully saturated rings. The monoisotopic (exact) mass is 209 g/mol. The molecule has 0 radical (unpaired) electrons. The fourth-order valence-electron chi connectivity index (χ4n) is 4.30. The van der Waals surface area contributed by atoms with Crippen molar-refractivity contribution in [2.45, 2.75) is 32.6 Å². The van der Waals surface area contributed by atoms with Crippen LogP contribution < -0.4 is 0 Å². The third-order valence-corrected chi connectivity index (χ3v) is 4.65. The maximum Gasteiger partial charge on any atom is 0 e. The molecule has 0 aromatic carbocycles. The van der Waals surface area contributed by atoms with Crippen LogP contribution in [0.2, 0.25) is 0 Å². The Bertz CT molecular complexity index is 291. The van der Waals surface area contributed by atoms with Crippen molar-refractivity contribution in [3.8, 4) is 0 Å². The molecule has 3 atom stereocenters. The normalized spacial score (nSPS) is 51.8. The van der Waals surface area contributed by atoms with Gasteiger partial charge in [0.05, 0.1) is 0 Å². The van der Waals surface area contributed by atoms with Crippen LogP contribution >= 0.6 is 0 Å². The van der Waals surface area contributed by atoms with E-state index in [9.17, 15) is 0 Å². The Hall–Kier alpha value is 0.363. The molecule has 0 amide bonds. The second-order valence-electron chi connectivity index (χ2n) is 4.77. The standard InChI is InChI=1S/C11H13.Zn/c1-2-7-3-6-4-11(7)5-8-9(6)10(8)11;/h6,8H,2-5H2,1H3;/q-1;. The number of rotatable bonds is 1. The van der Waals surface area contributed by atoms with Gasteiger partial charge in [0.1, 0.15) is 0 Å². The Morgan fingerprint density at radius 1 is 1.50 bits per heavy atom. The third-order valence-electron chi connectivity index (χ3n) is 4.65. The number of hydrogen-bond acceptors (Lipinski definition) is 0. The maximum atomic E-state index is 2.35. The third kappa shape index (κ3) is 0.506. The summed E-state index contributed by atoms with van der Waals surface area (Å²) >= 11 is 0. The van der Waals surface area contributed by atoms with Gasteiger partial charge in [-0.15, -0.1) is 5.41 Å². The molecule has 2 saturated carbocycles. The molecule has 3 unspecified atom stereocenters. The van der Waals surface area contributed by atoms with E-state index in [1.165, 1.54) is 25.7 Å². The van der Waals surface area contributed by atoms with Gasteiger partial charge in [-0.1, -0.05) is 30.9 Å². The van der Waals surface area contributed by atoms with E-state index in [-0.39, 0.29) is 19.5 Å². The Balaban J connectivity index is 0.000000490. The van der Waals surface area contributed by atoms with Gasteiger partial charge in [0.15, 0.2) is 0 Å². The van der Waals surface area contributed by atoms with Crippen LogP contribution in [-0.4, -0.2) is 0 Å². The van der Waals surface area contributed by atoms with Crippen molar-refractivity contribution >= 4 is 0 Å². The van der Waals surface area contributed by atoms with Crippen molar-refractivity contribution in [2.24, 2.45) is 17.3 Å². The quantitative estimate of drug-likeness (QED) is 0.355. The summed E-state index contributed by atoms with van der Waals surface area (Å²) in [6.07, 6.45) is 5.92. The van der Waals surface area contributed by atoms with Gasteiger partial charge in [-0.25, -0.2) is 0 Å². The molecule has 4 rings (SSSR count). The molecule has 0 saturated heterocycles. The van der Waals surface area contributed by atoms with E-state index in [2.05, 4.69) is 6.92 Å². The molecule has 12 heavy (non-hydrogen) atoms. The first kappa shape index (κ1) is 7.74. The van der Waals surface area contributed by atoms with Crippen LogP contribution in [0.4, 0.5) is 0 Å². The van der Waals surface area contributed by atoms with Crippen molar-refractivity contribution in [2.75, 3.05) is 0 Å². The average molecular weight is 211 g/mol. The van der Waals surface area contributed by atoms with Gasteiger partial charge < -0.3 is 5.92 Å². The number of hydrogen-bond donors (Lipinski definition) is 0. The molecule has 4 aliphatic rings. The molecule has 1 heteroatoms. The van der Waals surface area contributed by atoms with Crippen LogP contribution in [0.5, 0.6) is 0 Å². The summed E-state index contributed by atoms with van der Waals surface area (Å²) in [4.78, 5) is 0. The van der Waals surface area contributed by atoms with Crippen LogP contribution in [0, 0.1) is 23.2 Å². The zero-order valence-electron chi connectivity index (χ0n) is 7.69. The zero-order valence-corrected chi connectivity index (χ0v) is 10.7. The van der Waals surface area contributed by atoms with Gasteiger partial charge in [0.25, 0.3) is 0 Å². The summed E-state index contributed by atoms with van der Waals surface area (Å²) in [5.41, 5.74) is 4.62. The molecule has 4 aliphatic carbocycles. The first-order valence-electron chi connectivity index (χ1n) is 4.96. The summed E-state index contributed by atoms with van der Waals surface area (Å²) in [7, 11) is 0. The first-order chi connectivity index (χ1) is 5.37. The molecule has 1 spiro atoms. The van der Waals surface area contributed by atoms with E-state index in [0.717, 1.165) is 17.3 Å². The molecule has 0 aliphatic heterocycles. The molecular formula is C11H13Zn-. The fraction of sp³-hybridized carbons (Fsp3) is 0.727. The van der Waals surface area contributed by atoms with Gasteiger partial charge in [-0.3, -0.25) is 0 Å². The topological polar surface area (TPSA) is 0 Å². The Kier molecular flexibility index (Phi) is 1.22. The van der Waals surface area contributed by atoms with Crippen molar-refractivity contribution in [1.29, 1.82) is 0 Å². The first-order valence-corrected chi connectivity index (χ1v) is 4.96. The van der Waals surface area contributed by atoms with Crippen LogP contribution in [0.3, 0.4) is 0 Å². The molecule has 0 aromatic heterocycles. The maximum absolute atomic E-state index is 2.35. The molecular weight excluding hydrogens is 198 g/mol. The predicted molar refractivity (Wildman–Crippen MR) is 43.8 cm³/mol. The molecule has 0 N–H and O–H groups in total. The van der Waals surface area contributed by atoms with Crippen molar-refractivity contribution < 1.29 is 19.5 Å². The predicted octanol–water partition coefficient (Wildman–Crippen LogP) is 2.71. The van der Waals surface area contributed by atoms with Crippen molar-refractivity contribution in [1.82, 2.24) is 0 Å². The van der Waals surface area contributed by atoms with E-state index in [4.69, 9.17) is 0 Å². The van der Waals surface area contributed by atoms with Crippen LogP contribution in [0.25, 0.3) is 0 Å². The second-order valence-corrected chi connectivity index (χ2v) is 4.77. The minimum Gasteiger partial charge on any atom is -0.303 e. The van der Waals surface area contributed by atoms with Crippen LogP contribution in [0.15, 0.2) is 11.1 Å². The molecule has 60 valence electrons. The molecule has 2 bridgehead atoms. The van der Waals surface area contributed by atoms with Gasteiger partial charge >= 0.3 is 0 Å². The SMILES string of the molecule is CC[C-]1CC2CC13CC1C2=C13.[Zn]. The minimum absolute atomic E-state index is 0. The fourth-order valence-corrected chi connectivity index (χ4v) is 4.30. The van der Waals surface area contributed by atoms with Crippen LogP contribution in [0.1, 0.15) is 32.6 Å². The van der Waals surface area contributed by atoms with E-state index in [0.29, 0.717) is 0 Å². The minimum atomic E-state index is 0. The summed E-state index contributed by atoms with van der Waals surface area (Å²) in [6, 6.07) is 0. The smallest absolute Gasteiger partial charge is 0 e. The molecule has 0 nitrogen and oxygen atoms in total.